The average molecular weight is 228 g/mol. The summed E-state index contributed by atoms with van der Waals surface area (Å²) < 4.78 is 26.0. The Morgan fingerprint density at radius 1 is 1.25 bits per heavy atom. The maximum Gasteiger partial charge on any atom is 0.131 e. The Morgan fingerprint density at radius 3 is 2.38 bits per heavy atom. The molecule has 1 unspecified atom stereocenters. The van der Waals surface area contributed by atoms with Gasteiger partial charge in [-0.3, -0.25) is 0 Å². The number of rotatable bonds is 3. The van der Waals surface area contributed by atoms with Crippen molar-refractivity contribution < 1.29 is 13.9 Å². The lowest BCUT2D eigenvalue weighted by molar-refractivity contribution is 0.143. The summed E-state index contributed by atoms with van der Waals surface area (Å²) in [6.45, 7) is 6.17. The number of hydrogen-bond donors (Lipinski definition) is 1. The first-order chi connectivity index (χ1) is 7.29. The highest BCUT2D eigenvalue weighted by Crippen LogP contribution is 2.28. The standard InChI is InChI=1S/C13H18F2O/c1-13(2,3)7-6-12(16)10-5-4-9(14)8-11(10)15/h4-5,8,12,16H,6-7H2,1-3H3. The van der Waals surface area contributed by atoms with E-state index in [1.54, 1.807) is 0 Å². The molecule has 1 nitrogen and oxygen atoms in total. The first-order valence-corrected chi connectivity index (χ1v) is 5.42. The minimum Gasteiger partial charge on any atom is -0.388 e. The Kier molecular flexibility index (Phi) is 4.03. The van der Waals surface area contributed by atoms with Gasteiger partial charge in [0.25, 0.3) is 0 Å². The molecular weight excluding hydrogens is 210 g/mol. The Morgan fingerprint density at radius 2 is 1.88 bits per heavy atom. The van der Waals surface area contributed by atoms with Gasteiger partial charge in [0.2, 0.25) is 0 Å². The third-order valence-electron chi connectivity index (χ3n) is 2.49. The summed E-state index contributed by atoms with van der Waals surface area (Å²) in [6.07, 6.45) is 0.400. The van der Waals surface area contributed by atoms with Crippen LogP contribution in [0, 0.1) is 17.0 Å². The lowest BCUT2D eigenvalue weighted by Crippen LogP contribution is -2.09. The SMILES string of the molecule is CC(C)(C)CCC(O)c1ccc(F)cc1F. The Bertz CT molecular complexity index is 355. The van der Waals surface area contributed by atoms with E-state index in [1.807, 2.05) is 0 Å². The van der Waals surface area contributed by atoms with E-state index in [4.69, 9.17) is 0 Å². The van der Waals surface area contributed by atoms with E-state index in [0.717, 1.165) is 12.5 Å². The second-order valence-corrected chi connectivity index (χ2v) is 5.28. The van der Waals surface area contributed by atoms with Crippen molar-refractivity contribution in [2.75, 3.05) is 0 Å². The molecule has 0 bridgehead atoms. The van der Waals surface area contributed by atoms with Gasteiger partial charge in [-0.15, -0.1) is 0 Å². The topological polar surface area (TPSA) is 20.2 Å². The molecule has 0 saturated heterocycles. The molecule has 90 valence electrons. The molecule has 1 rings (SSSR count). The number of aliphatic hydroxyl groups is 1. The zero-order chi connectivity index (χ0) is 12.3. The van der Waals surface area contributed by atoms with Gasteiger partial charge >= 0.3 is 0 Å². The van der Waals surface area contributed by atoms with Crippen molar-refractivity contribution in [3.63, 3.8) is 0 Å². The second-order valence-electron chi connectivity index (χ2n) is 5.28. The van der Waals surface area contributed by atoms with Crippen LogP contribution in [0.1, 0.15) is 45.3 Å². The molecule has 1 N–H and O–H groups in total. The average Bonchev–Trinajstić information content (AvgIpc) is 2.13. The second kappa shape index (κ2) is 4.91. The first-order valence-electron chi connectivity index (χ1n) is 5.42. The van der Waals surface area contributed by atoms with E-state index >= 15 is 0 Å². The number of aliphatic hydroxyl groups excluding tert-OH is 1. The zero-order valence-corrected chi connectivity index (χ0v) is 9.93. The van der Waals surface area contributed by atoms with Crippen LogP contribution in [-0.4, -0.2) is 5.11 Å². The van der Waals surface area contributed by atoms with Crippen LogP contribution in [0.2, 0.25) is 0 Å². The zero-order valence-electron chi connectivity index (χ0n) is 9.93. The van der Waals surface area contributed by atoms with Crippen LogP contribution in [0.25, 0.3) is 0 Å². The molecule has 0 aliphatic rings. The summed E-state index contributed by atoms with van der Waals surface area (Å²) in [5.41, 5.74) is 0.267. The molecule has 0 aromatic heterocycles. The third-order valence-corrected chi connectivity index (χ3v) is 2.49. The maximum atomic E-state index is 13.3. The Balaban J connectivity index is 2.70. The van der Waals surface area contributed by atoms with Gasteiger partial charge in [0.15, 0.2) is 0 Å². The molecule has 0 spiro atoms. The van der Waals surface area contributed by atoms with E-state index in [9.17, 15) is 13.9 Å². The minimum absolute atomic E-state index is 0.0947. The molecule has 3 heteroatoms. The van der Waals surface area contributed by atoms with Gasteiger partial charge in [0.05, 0.1) is 6.10 Å². The van der Waals surface area contributed by atoms with Crippen molar-refractivity contribution in [2.45, 2.75) is 39.7 Å². The van der Waals surface area contributed by atoms with Crippen LogP contribution < -0.4 is 0 Å². The van der Waals surface area contributed by atoms with Gasteiger partial charge in [0, 0.05) is 11.6 Å². The molecule has 0 heterocycles. The molecule has 0 saturated carbocycles. The molecule has 0 fully saturated rings. The summed E-state index contributed by atoms with van der Waals surface area (Å²) in [5.74, 6) is -1.30. The molecule has 0 radical (unpaired) electrons. The Hall–Kier alpha value is -0.960. The van der Waals surface area contributed by atoms with E-state index in [0.29, 0.717) is 6.42 Å². The molecule has 1 aromatic carbocycles. The summed E-state index contributed by atoms with van der Waals surface area (Å²) in [4.78, 5) is 0. The van der Waals surface area contributed by atoms with E-state index in [2.05, 4.69) is 20.8 Å². The predicted octanol–water partition coefficient (Wildman–Crippen LogP) is 3.82. The van der Waals surface area contributed by atoms with Gasteiger partial charge in [0.1, 0.15) is 11.6 Å². The smallest absolute Gasteiger partial charge is 0.131 e. The number of halogens is 2. The van der Waals surface area contributed by atoms with Crippen molar-refractivity contribution in [3.8, 4) is 0 Å². The minimum atomic E-state index is -0.861. The summed E-state index contributed by atoms with van der Waals surface area (Å²) in [7, 11) is 0. The van der Waals surface area contributed by atoms with E-state index in [1.165, 1.54) is 12.1 Å². The van der Waals surface area contributed by atoms with Crippen LogP contribution in [0.5, 0.6) is 0 Å². The lowest BCUT2D eigenvalue weighted by atomic mass is 9.88. The van der Waals surface area contributed by atoms with Crippen LogP contribution in [-0.2, 0) is 0 Å². The van der Waals surface area contributed by atoms with Crippen molar-refractivity contribution in [2.24, 2.45) is 5.41 Å². The molecule has 0 amide bonds. The van der Waals surface area contributed by atoms with Gasteiger partial charge in [-0.25, -0.2) is 8.78 Å². The highest BCUT2D eigenvalue weighted by molar-refractivity contribution is 5.20. The summed E-state index contributed by atoms with van der Waals surface area (Å²) in [5, 5.41) is 9.79. The summed E-state index contributed by atoms with van der Waals surface area (Å²) in [6, 6.07) is 3.27. The lowest BCUT2D eigenvalue weighted by Gasteiger charge is -2.20. The molecule has 1 aromatic rings. The predicted molar refractivity (Wildman–Crippen MR) is 60.0 cm³/mol. The fourth-order valence-corrected chi connectivity index (χ4v) is 1.50. The molecule has 1 atom stereocenters. The van der Waals surface area contributed by atoms with Crippen LogP contribution in [0.15, 0.2) is 18.2 Å². The highest BCUT2D eigenvalue weighted by atomic mass is 19.1. The molecule has 0 aliphatic heterocycles. The van der Waals surface area contributed by atoms with Gasteiger partial charge in [-0.05, 0) is 24.3 Å². The van der Waals surface area contributed by atoms with Gasteiger partial charge in [-0.2, -0.15) is 0 Å². The number of hydrogen-bond acceptors (Lipinski definition) is 1. The van der Waals surface area contributed by atoms with Crippen LogP contribution in [0.4, 0.5) is 8.78 Å². The van der Waals surface area contributed by atoms with E-state index in [-0.39, 0.29) is 11.0 Å². The van der Waals surface area contributed by atoms with Crippen LogP contribution >= 0.6 is 0 Å². The third kappa shape index (κ3) is 3.89. The van der Waals surface area contributed by atoms with E-state index < -0.39 is 17.7 Å². The van der Waals surface area contributed by atoms with Crippen molar-refractivity contribution in [3.05, 3.63) is 35.4 Å². The monoisotopic (exact) mass is 228 g/mol. The van der Waals surface area contributed by atoms with Crippen molar-refractivity contribution in [1.29, 1.82) is 0 Å². The Labute approximate surface area is 95.1 Å². The van der Waals surface area contributed by atoms with Gasteiger partial charge in [-0.1, -0.05) is 26.8 Å². The summed E-state index contributed by atoms with van der Waals surface area (Å²) >= 11 is 0. The van der Waals surface area contributed by atoms with Crippen molar-refractivity contribution >= 4 is 0 Å². The first kappa shape index (κ1) is 13.1. The van der Waals surface area contributed by atoms with Crippen molar-refractivity contribution in [1.82, 2.24) is 0 Å². The van der Waals surface area contributed by atoms with Gasteiger partial charge < -0.3 is 5.11 Å². The molecule has 0 aliphatic carbocycles. The highest BCUT2D eigenvalue weighted by Gasteiger charge is 2.17. The molecule has 16 heavy (non-hydrogen) atoms. The maximum absolute atomic E-state index is 13.3. The largest absolute Gasteiger partial charge is 0.388 e. The van der Waals surface area contributed by atoms with Crippen LogP contribution in [0.3, 0.4) is 0 Å². The number of benzene rings is 1. The fraction of sp³-hybridized carbons (Fsp3) is 0.538. The quantitative estimate of drug-likeness (QED) is 0.833. The normalized spacial score (nSPS) is 13.9. The fourth-order valence-electron chi connectivity index (χ4n) is 1.50. The molecular formula is C13H18F2O.